The lowest BCUT2D eigenvalue weighted by Gasteiger charge is -2.32. The highest BCUT2D eigenvalue weighted by Crippen LogP contribution is 2.40. The molecule has 0 bridgehead atoms. The average molecular weight is 443 g/mol. The Kier molecular flexibility index (Phi) is 5.41. The molecule has 31 heavy (non-hydrogen) atoms. The molecule has 1 aromatic heterocycles. The predicted molar refractivity (Wildman–Crippen MR) is 114 cm³/mol. The lowest BCUT2D eigenvalue weighted by Crippen LogP contribution is -2.50. The maximum atomic E-state index is 14.5. The molecule has 2 aromatic carbocycles. The minimum absolute atomic E-state index is 0.0916. The Bertz CT molecular complexity index is 1180. The molecule has 0 saturated carbocycles. The van der Waals surface area contributed by atoms with Gasteiger partial charge in [-0.05, 0) is 48.9 Å². The van der Waals surface area contributed by atoms with Gasteiger partial charge in [-0.2, -0.15) is 5.10 Å². The molecule has 0 saturated heterocycles. The molecule has 2 N–H and O–H groups in total. The van der Waals surface area contributed by atoms with Crippen LogP contribution in [0.25, 0.3) is 0 Å². The number of hydrogen-bond acceptors (Lipinski definition) is 4. The number of hydrogen-bond donors (Lipinski definition) is 2. The quantitative estimate of drug-likeness (QED) is 0.648. The SMILES string of the molecule is COc1ccc(C2c3c(C)nn(C)c3NC(=O)C2NC(=O)c2ccc(Cl)cc2)cc1F. The van der Waals surface area contributed by atoms with E-state index in [1.165, 1.54) is 19.2 Å². The van der Waals surface area contributed by atoms with Crippen LogP contribution in [0.4, 0.5) is 10.2 Å². The predicted octanol–water partition coefficient (Wildman–Crippen LogP) is 3.41. The number of rotatable bonds is 4. The van der Waals surface area contributed by atoms with Gasteiger partial charge in [-0.15, -0.1) is 0 Å². The van der Waals surface area contributed by atoms with Gasteiger partial charge in [0.1, 0.15) is 11.9 Å². The second-order valence-electron chi connectivity index (χ2n) is 7.29. The Morgan fingerprint density at radius 3 is 2.61 bits per heavy atom. The number of carbonyl (C=O) groups excluding carboxylic acids is 2. The normalized spacial score (nSPS) is 17.6. The van der Waals surface area contributed by atoms with Gasteiger partial charge in [-0.25, -0.2) is 4.39 Å². The lowest BCUT2D eigenvalue weighted by atomic mass is 9.81. The van der Waals surface area contributed by atoms with E-state index in [-0.39, 0.29) is 5.75 Å². The highest BCUT2D eigenvalue weighted by atomic mass is 35.5. The van der Waals surface area contributed by atoms with Gasteiger partial charge in [-0.1, -0.05) is 17.7 Å². The Morgan fingerprint density at radius 1 is 1.26 bits per heavy atom. The van der Waals surface area contributed by atoms with Crippen LogP contribution in [0.5, 0.6) is 5.75 Å². The summed E-state index contributed by atoms with van der Waals surface area (Å²) in [6.45, 7) is 1.81. The van der Waals surface area contributed by atoms with Gasteiger partial charge in [-0.3, -0.25) is 14.3 Å². The van der Waals surface area contributed by atoms with Crippen molar-refractivity contribution in [1.82, 2.24) is 15.1 Å². The van der Waals surface area contributed by atoms with Crippen LogP contribution in [-0.4, -0.2) is 34.7 Å². The molecule has 160 valence electrons. The zero-order chi connectivity index (χ0) is 22.3. The highest BCUT2D eigenvalue weighted by Gasteiger charge is 2.41. The summed E-state index contributed by atoms with van der Waals surface area (Å²) < 4.78 is 21.1. The fraction of sp³-hybridized carbons (Fsp3) is 0.227. The third-order valence-electron chi connectivity index (χ3n) is 5.36. The van der Waals surface area contributed by atoms with Crippen LogP contribution < -0.4 is 15.4 Å². The Hall–Kier alpha value is -3.39. The first-order chi connectivity index (χ1) is 14.8. The Balaban J connectivity index is 1.79. The number of aryl methyl sites for hydroxylation is 2. The van der Waals surface area contributed by atoms with E-state index in [9.17, 15) is 14.0 Å². The van der Waals surface area contributed by atoms with Crippen molar-refractivity contribution < 1.29 is 18.7 Å². The lowest BCUT2D eigenvalue weighted by molar-refractivity contribution is -0.118. The van der Waals surface area contributed by atoms with Gasteiger partial charge < -0.3 is 15.4 Å². The van der Waals surface area contributed by atoms with Gasteiger partial charge >= 0.3 is 0 Å². The van der Waals surface area contributed by atoms with E-state index >= 15 is 0 Å². The molecule has 0 aliphatic carbocycles. The minimum atomic E-state index is -0.980. The zero-order valence-electron chi connectivity index (χ0n) is 17.1. The molecule has 4 rings (SSSR count). The van der Waals surface area contributed by atoms with Crippen LogP contribution in [-0.2, 0) is 11.8 Å². The van der Waals surface area contributed by atoms with Crippen molar-refractivity contribution in [1.29, 1.82) is 0 Å². The Morgan fingerprint density at radius 2 is 1.97 bits per heavy atom. The molecule has 0 spiro atoms. The molecule has 1 aliphatic rings. The van der Waals surface area contributed by atoms with Gasteiger partial charge in [0.05, 0.1) is 12.8 Å². The first-order valence-electron chi connectivity index (χ1n) is 9.54. The van der Waals surface area contributed by atoms with E-state index in [0.717, 1.165) is 0 Å². The summed E-state index contributed by atoms with van der Waals surface area (Å²) in [5.41, 5.74) is 2.26. The maximum Gasteiger partial charge on any atom is 0.251 e. The summed E-state index contributed by atoms with van der Waals surface area (Å²) in [5, 5.41) is 10.5. The van der Waals surface area contributed by atoms with Crippen LogP contribution in [0.15, 0.2) is 42.5 Å². The van der Waals surface area contributed by atoms with Crippen molar-refractivity contribution in [2.75, 3.05) is 12.4 Å². The molecule has 2 unspecified atom stereocenters. The molecule has 0 radical (unpaired) electrons. The van der Waals surface area contributed by atoms with E-state index in [1.54, 1.807) is 49.0 Å². The van der Waals surface area contributed by atoms with Gasteiger partial charge in [0.2, 0.25) is 5.91 Å². The Labute approximate surface area is 183 Å². The number of aromatic nitrogens is 2. The molecule has 2 atom stereocenters. The summed E-state index contributed by atoms with van der Waals surface area (Å²) in [7, 11) is 3.09. The average Bonchev–Trinajstić information content (AvgIpc) is 3.02. The fourth-order valence-corrected chi connectivity index (χ4v) is 4.04. The van der Waals surface area contributed by atoms with Crippen LogP contribution in [0, 0.1) is 12.7 Å². The number of fused-ring (bicyclic) bond motifs is 1. The number of nitrogens with zero attached hydrogens (tertiary/aromatic N) is 2. The zero-order valence-corrected chi connectivity index (χ0v) is 17.8. The summed E-state index contributed by atoms with van der Waals surface area (Å²) in [5.74, 6) is -1.46. The van der Waals surface area contributed by atoms with E-state index in [0.29, 0.717) is 33.2 Å². The van der Waals surface area contributed by atoms with Crippen LogP contribution in [0.1, 0.15) is 33.1 Å². The monoisotopic (exact) mass is 442 g/mol. The molecule has 2 heterocycles. The van der Waals surface area contributed by atoms with Crippen molar-refractivity contribution in [2.24, 2.45) is 7.05 Å². The number of benzene rings is 2. The molecule has 1 aliphatic heterocycles. The molecule has 9 heteroatoms. The van der Waals surface area contributed by atoms with Crippen molar-refractivity contribution in [3.8, 4) is 5.75 Å². The summed E-state index contributed by atoms with van der Waals surface area (Å²) >= 11 is 5.90. The van der Waals surface area contributed by atoms with Gasteiger partial charge in [0.25, 0.3) is 5.91 Å². The third-order valence-corrected chi connectivity index (χ3v) is 5.62. The van der Waals surface area contributed by atoms with Gasteiger partial charge in [0.15, 0.2) is 11.6 Å². The fourth-order valence-electron chi connectivity index (χ4n) is 3.92. The molecular formula is C22H20ClFN4O3. The largest absolute Gasteiger partial charge is 0.494 e. The summed E-state index contributed by atoms with van der Waals surface area (Å²) in [4.78, 5) is 25.9. The molecule has 7 nitrogen and oxygen atoms in total. The van der Waals surface area contributed by atoms with Crippen LogP contribution in [0.2, 0.25) is 5.02 Å². The number of anilines is 1. The minimum Gasteiger partial charge on any atom is -0.494 e. The molecular weight excluding hydrogens is 423 g/mol. The van der Waals surface area contributed by atoms with Crippen molar-refractivity contribution in [3.63, 3.8) is 0 Å². The first kappa shape index (κ1) is 20.9. The molecule has 3 aromatic rings. The number of ether oxygens (including phenoxy) is 1. The van der Waals surface area contributed by atoms with E-state index in [1.807, 2.05) is 0 Å². The highest BCUT2D eigenvalue weighted by molar-refractivity contribution is 6.30. The number of nitrogens with one attached hydrogen (secondary N) is 2. The summed E-state index contributed by atoms with van der Waals surface area (Å²) in [6.07, 6.45) is 0. The number of amides is 2. The van der Waals surface area contributed by atoms with Crippen LogP contribution in [0.3, 0.4) is 0 Å². The van der Waals surface area contributed by atoms with Crippen LogP contribution >= 0.6 is 11.6 Å². The second kappa shape index (κ2) is 8.03. The first-order valence-corrected chi connectivity index (χ1v) is 9.92. The van der Waals surface area contributed by atoms with E-state index < -0.39 is 29.6 Å². The maximum absolute atomic E-state index is 14.5. The van der Waals surface area contributed by atoms with E-state index in [4.69, 9.17) is 16.3 Å². The number of methoxy groups -OCH3 is 1. The summed E-state index contributed by atoms with van der Waals surface area (Å²) in [6, 6.07) is 9.85. The third kappa shape index (κ3) is 3.74. The van der Waals surface area contributed by atoms with Crippen molar-refractivity contribution in [2.45, 2.75) is 18.9 Å². The second-order valence-corrected chi connectivity index (χ2v) is 7.73. The topological polar surface area (TPSA) is 85.2 Å². The van der Waals surface area contributed by atoms with Gasteiger partial charge in [0, 0.05) is 29.1 Å². The number of carbonyl (C=O) groups is 2. The smallest absolute Gasteiger partial charge is 0.251 e. The molecule has 0 fully saturated rings. The van der Waals surface area contributed by atoms with E-state index in [2.05, 4.69) is 15.7 Å². The standard InChI is InChI=1S/C22H20ClFN4O3/c1-11-17-18(13-6-9-16(31-3)15(24)10-13)19(22(30)26-20(17)28(2)27-11)25-21(29)12-4-7-14(23)8-5-12/h4-10,18-19H,1-3H3,(H,25,29)(H,26,30). The molecule has 2 amide bonds. The van der Waals surface area contributed by atoms with Crippen molar-refractivity contribution >= 4 is 29.2 Å². The number of halogens is 2. The van der Waals surface area contributed by atoms with Crippen molar-refractivity contribution in [3.05, 3.63) is 75.7 Å².